The Hall–Kier alpha value is -1.56. The second-order valence-electron chi connectivity index (χ2n) is 5.57. The minimum Gasteiger partial charge on any atom is -0.497 e. The molecular formula is C17H27NO4. The number of methoxy groups -OCH3 is 1. The van der Waals surface area contributed by atoms with Gasteiger partial charge < -0.3 is 25.4 Å². The Kier molecular flexibility index (Phi) is 7.95. The van der Waals surface area contributed by atoms with E-state index in [-0.39, 0.29) is 12.0 Å². The van der Waals surface area contributed by atoms with E-state index >= 15 is 0 Å². The average molecular weight is 309 g/mol. The predicted molar refractivity (Wildman–Crippen MR) is 88.1 cm³/mol. The Balaban J connectivity index is 2.73. The number of nitrogens with one attached hydrogen (secondary N) is 1. The van der Waals surface area contributed by atoms with Gasteiger partial charge in [-0.3, -0.25) is 0 Å². The molecule has 0 unspecified atom stereocenters. The zero-order valence-corrected chi connectivity index (χ0v) is 13.3. The number of ether oxygens (including phenoxy) is 1. The van der Waals surface area contributed by atoms with Crippen molar-refractivity contribution in [1.82, 2.24) is 0 Å². The zero-order valence-electron chi connectivity index (χ0n) is 13.3. The Morgan fingerprint density at radius 3 is 2.32 bits per heavy atom. The molecule has 4 N–H and O–H groups in total. The fraction of sp³-hybridized carbons (Fsp3) is 0.529. The first-order valence-corrected chi connectivity index (χ1v) is 7.50. The third-order valence-corrected chi connectivity index (χ3v) is 3.68. The van der Waals surface area contributed by atoms with Gasteiger partial charge in [-0.1, -0.05) is 13.0 Å². The Labute approximate surface area is 132 Å². The first kappa shape index (κ1) is 18.5. The Morgan fingerprint density at radius 2 is 1.82 bits per heavy atom. The van der Waals surface area contributed by atoms with Crippen LogP contribution < -0.4 is 10.1 Å². The van der Waals surface area contributed by atoms with Gasteiger partial charge in [-0.05, 0) is 43.0 Å². The molecule has 1 rings (SSSR count). The summed E-state index contributed by atoms with van der Waals surface area (Å²) in [6, 6.07) is 7.47. The monoisotopic (exact) mass is 309 g/mol. The Bertz CT molecular complexity index is 435. The summed E-state index contributed by atoms with van der Waals surface area (Å²) < 4.78 is 5.12. The maximum absolute atomic E-state index is 9.94. The summed E-state index contributed by atoms with van der Waals surface area (Å²) >= 11 is 0. The summed E-state index contributed by atoms with van der Waals surface area (Å²) in [5.74, 6) is 1.05. The molecule has 0 bridgehead atoms. The van der Waals surface area contributed by atoms with Crippen molar-refractivity contribution in [2.45, 2.75) is 38.0 Å². The molecular weight excluding hydrogens is 282 g/mol. The summed E-state index contributed by atoms with van der Waals surface area (Å²) in [6.07, 6.45) is 0.866. The number of allylic oxidation sites excluding steroid dienone is 1. The molecule has 0 saturated carbocycles. The smallest absolute Gasteiger partial charge is 0.119 e. The van der Waals surface area contributed by atoms with Crippen LogP contribution in [0.4, 0.5) is 5.69 Å². The second-order valence-corrected chi connectivity index (χ2v) is 5.57. The van der Waals surface area contributed by atoms with Gasteiger partial charge in [0.2, 0.25) is 0 Å². The van der Waals surface area contributed by atoms with Crippen LogP contribution in [-0.2, 0) is 0 Å². The van der Waals surface area contributed by atoms with E-state index in [1.165, 1.54) is 0 Å². The van der Waals surface area contributed by atoms with Crippen molar-refractivity contribution in [3.05, 3.63) is 36.9 Å². The van der Waals surface area contributed by atoms with E-state index in [0.29, 0.717) is 6.42 Å². The molecule has 0 aliphatic carbocycles. The lowest BCUT2D eigenvalue weighted by Crippen LogP contribution is -2.35. The van der Waals surface area contributed by atoms with E-state index in [4.69, 9.17) is 9.84 Å². The van der Waals surface area contributed by atoms with Crippen molar-refractivity contribution < 1.29 is 20.1 Å². The lowest BCUT2D eigenvalue weighted by atomic mass is 9.95. The van der Waals surface area contributed by atoms with Gasteiger partial charge in [0, 0.05) is 11.7 Å². The number of rotatable bonds is 10. The molecule has 0 spiro atoms. The van der Waals surface area contributed by atoms with Crippen LogP contribution in [0.1, 0.15) is 19.8 Å². The second kappa shape index (κ2) is 9.46. The van der Waals surface area contributed by atoms with Crippen molar-refractivity contribution in [3.63, 3.8) is 0 Å². The standard InChI is InChI=1S/C17H27NO4/c1-4-12(2)9-14(10-16(20)17(21)11-19)18-13-5-7-15(22-3)8-6-13/h4-8,12,14,16-21H,1,9-11H2,2-3H3/t12-,14-,16+,17-/m1/s1. The predicted octanol–water partition coefficient (Wildman–Crippen LogP) is 1.79. The molecule has 0 aliphatic rings. The molecule has 0 aromatic heterocycles. The minimum atomic E-state index is -1.13. The number of benzene rings is 1. The lowest BCUT2D eigenvalue weighted by Gasteiger charge is -2.26. The normalized spacial score (nSPS) is 16.4. The van der Waals surface area contributed by atoms with Gasteiger partial charge in [0.15, 0.2) is 0 Å². The highest BCUT2D eigenvalue weighted by atomic mass is 16.5. The largest absolute Gasteiger partial charge is 0.497 e. The molecule has 0 amide bonds. The SMILES string of the molecule is C=C[C@@H](C)C[C@H](C[C@H](O)[C@H](O)CO)Nc1ccc(OC)cc1. The highest BCUT2D eigenvalue weighted by Gasteiger charge is 2.21. The van der Waals surface area contributed by atoms with Gasteiger partial charge in [0.25, 0.3) is 0 Å². The van der Waals surface area contributed by atoms with Crippen LogP contribution in [0, 0.1) is 5.92 Å². The Morgan fingerprint density at radius 1 is 1.18 bits per heavy atom. The van der Waals surface area contributed by atoms with Gasteiger partial charge in [0.05, 0.1) is 19.8 Å². The van der Waals surface area contributed by atoms with Gasteiger partial charge in [-0.2, -0.15) is 0 Å². The first-order valence-electron chi connectivity index (χ1n) is 7.50. The van der Waals surface area contributed by atoms with Gasteiger partial charge in [-0.25, -0.2) is 0 Å². The molecule has 1 aromatic rings. The number of hydrogen-bond acceptors (Lipinski definition) is 5. The molecule has 0 radical (unpaired) electrons. The summed E-state index contributed by atoms with van der Waals surface area (Å²) in [4.78, 5) is 0. The molecule has 0 heterocycles. The fourth-order valence-corrected chi connectivity index (χ4v) is 2.25. The number of hydrogen-bond donors (Lipinski definition) is 4. The van der Waals surface area contributed by atoms with Crippen LogP contribution in [-0.4, -0.2) is 47.3 Å². The highest BCUT2D eigenvalue weighted by molar-refractivity contribution is 5.47. The third-order valence-electron chi connectivity index (χ3n) is 3.68. The van der Waals surface area contributed by atoms with E-state index in [0.717, 1.165) is 17.9 Å². The van der Waals surface area contributed by atoms with Crippen LogP contribution >= 0.6 is 0 Å². The van der Waals surface area contributed by atoms with Crippen molar-refractivity contribution in [1.29, 1.82) is 0 Å². The van der Waals surface area contributed by atoms with Gasteiger partial charge in [0.1, 0.15) is 11.9 Å². The topological polar surface area (TPSA) is 82.0 Å². The maximum Gasteiger partial charge on any atom is 0.119 e. The summed E-state index contributed by atoms with van der Waals surface area (Å²) in [6.45, 7) is 5.37. The van der Waals surface area contributed by atoms with Crippen LogP contribution in [0.5, 0.6) is 5.75 Å². The van der Waals surface area contributed by atoms with E-state index in [1.54, 1.807) is 7.11 Å². The molecule has 0 fully saturated rings. The average Bonchev–Trinajstić information content (AvgIpc) is 2.54. The van der Waals surface area contributed by atoms with Crippen molar-refractivity contribution >= 4 is 5.69 Å². The zero-order chi connectivity index (χ0) is 16.5. The first-order chi connectivity index (χ1) is 10.5. The molecule has 22 heavy (non-hydrogen) atoms. The quantitative estimate of drug-likeness (QED) is 0.495. The van der Waals surface area contributed by atoms with E-state index in [2.05, 4.69) is 11.9 Å². The van der Waals surface area contributed by atoms with Crippen molar-refractivity contribution in [2.75, 3.05) is 19.0 Å². The lowest BCUT2D eigenvalue weighted by molar-refractivity contribution is -0.0200. The van der Waals surface area contributed by atoms with Crippen molar-refractivity contribution in [2.24, 2.45) is 5.92 Å². The molecule has 1 aromatic carbocycles. The summed E-state index contributed by atoms with van der Waals surface area (Å²) in [5, 5.41) is 31.8. The number of anilines is 1. The van der Waals surface area contributed by atoms with Crippen LogP contribution in [0.2, 0.25) is 0 Å². The third kappa shape index (κ3) is 6.05. The summed E-state index contributed by atoms with van der Waals surface area (Å²) in [5.41, 5.74) is 0.910. The van der Waals surface area contributed by atoms with Crippen LogP contribution in [0.3, 0.4) is 0 Å². The molecule has 5 nitrogen and oxygen atoms in total. The molecule has 4 atom stereocenters. The maximum atomic E-state index is 9.94. The van der Waals surface area contributed by atoms with E-state index < -0.39 is 18.8 Å². The number of aliphatic hydroxyl groups excluding tert-OH is 3. The molecule has 0 aliphatic heterocycles. The van der Waals surface area contributed by atoms with Gasteiger partial charge in [-0.15, -0.1) is 6.58 Å². The number of aliphatic hydroxyl groups is 3. The molecule has 0 saturated heterocycles. The molecule has 124 valence electrons. The summed E-state index contributed by atoms with van der Waals surface area (Å²) in [7, 11) is 1.61. The van der Waals surface area contributed by atoms with E-state index in [9.17, 15) is 10.2 Å². The van der Waals surface area contributed by atoms with Crippen molar-refractivity contribution in [3.8, 4) is 5.75 Å². The van der Waals surface area contributed by atoms with E-state index in [1.807, 2.05) is 37.3 Å². The van der Waals surface area contributed by atoms with Crippen LogP contribution in [0.25, 0.3) is 0 Å². The van der Waals surface area contributed by atoms with Crippen LogP contribution in [0.15, 0.2) is 36.9 Å². The molecule has 5 heteroatoms. The highest BCUT2D eigenvalue weighted by Crippen LogP contribution is 2.21. The fourth-order valence-electron chi connectivity index (χ4n) is 2.25. The minimum absolute atomic E-state index is 0.0439. The van der Waals surface area contributed by atoms with Gasteiger partial charge >= 0.3 is 0 Å².